The molecule has 3 nitrogen and oxygen atoms in total. The lowest BCUT2D eigenvalue weighted by molar-refractivity contribution is 0.310. The predicted molar refractivity (Wildman–Crippen MR) is 61.6 cm³/mol. The monoisotopic (exact) mass is 209 g/mol. The summed E-state index contributed by atoms with van der Waals surface area (Å²) < 4.78 is 10.7. The van der Waals surface area contributed by atoms with Gasteiger partial charge in [0, 0.05) is 0 Å². The molecule has 1 aromatic carbocycles. The van der Waals surface area contributed by atoms with Crippen LogP contribution in [-0.4, -0.2) is 20.3 Å². The first-order chi connectivity index (χ1) is 7.22. The zero-order valence-corrected chi connectivity index (χ0v) is 9.62. The smallest absolute Gasteiger partial charge is 0.161 e. The highest BCUT2D eigenvalue weighted by Crippen LogP contribution is 2.30. The van der Waals surface area contributed by atoms with Crippen LogP contribution in [0.25, 0.3) is 0 Å². The van der Waals surface area contributed by atoms with Crippen LogP contribution in [0.3, 0.4) is 0 Å². The van der Waals surface area contributed by atoms with Crippen LogP contribution in [0, 0.1) is 0 Å². The summed E-state index contributed by atoms with van der Waals surface area (Å²) in [5.41, 5.74) is 6.81. The molecule has 0 amide bonds. The lowest BCUT2D eigenvalue weighted by atomic mass is 10.0. The number of benzene rings is 1. The molecule has 3 heteroatoms. The molecule has 1 rings (SSSR count). The summed E-state index contributed by atoms with van der Waals surface area (Å²) in [6.45, 7) is 5.32. The molecule has 0 saturated heterocycles. The summed E-state index contributed by atoms with van der Waals surface area (Å²) in [5.74, 6) is 1.90. The van der Waals surface area contributed by atoms with E-state index in [-0.39, 0.29) is 0 Å². The SMILES string of the molecule is CCOc1cc(C(C)CN)ccc1OC. The van der Waals surface area contributed by atoms with E-state index in [2.05, 4.69) is 6.92 Å². The predicted octanol–water partition coefficient (Wildman–Crippen LogP) is 2.16. The largest absolute Gasteiger partial charge is 0.493 e. The Morgan fingerprint density at radius 2 is 2.07 bits per heavy atom. The molecule has 0 radical (unpaired) electrons. The standard InChI is InChI=1S/C12H19NO2/c1-4-15-12-7-10(9(2)8-13)5-6-11(12)14-3/h5-7,9H,4,8,13H2,1-3H3. The Morgan fingerprint density at radius 3 is 2.60 bits per heavy atom. The average Bonchev–Trinajstić information content (AvgIpc) is 2.28. The van der Waals surface area contributed by atoms with Crippen molar-refractivity contribution in [2.24, 2.45) is 5.73 Å². The number of rotatable bonds is 5. The minimum absolute atomic E-state index is 0.343. The number of hydrogen-bond acceptors (Lipinski definition) is 3. The third kappa shape index (κ3) is 2.86. The summed E-state index contributed by atoms with van der Waals surface area (Å²) in [6, 6.07) is 5.95. The van der Waals surface area contributed by atoms with Gasteiger partial charge in [-0.05, 0) is 37.1 Å². The van der Waals surface area contributed by atoms with Crippen LogP contribution in [-0.2, 0) is 0 Å². The highest BCUT2D eigenvalue weighted by Gasteiger charge is 2.08. The second kappa shape index (κ2) is 5.61. The van der Waals surface area contributed by atoms with Crippen LogP contribution in [0.1, 0.15) is 25.3 Å². The van der Waals surface area contributed by atoms with Gasteiger partial charge in [0.2, 0.25) is 0 Å². The third-order valence-corrected chi connectivity index (χ3v) is 2.41. The Hall–Kier alpha value is -1.22. The molecule has 0 aromatic heterocycles. The summed E-state index contributed by atoms with van der Waals surface area (Å²) in [5, 5.41) is 0. The highest BCUT2D eigenvalue weighted by atomic mass is 16.5. The Bertz CT molecular complexity index is 312. The Morgan fingerprint density at radius 1 is 1.33 bits per heavy atom. The molecule has 0 heterocycles. The van der Waals surface area contributed by atoms with Crippen molar-refractivity contribution in [3.63, 3.8) is 0 Å². The van der Waals surface area contributed by atoms with Crippen LogP contribution in [0.2, 0.25) is 0 Å². The van der Waals surface area contributed by atoms with E-state index in [4.69, 9.17) is 15.2 Å². The Balaban J connectivity index is 2.98. The number of ether oxygens (including phenoxy) is 2. The second-order valence-corrected chi connectivity index (χ2v) is 3.48. The molecule has 0 aliphatic carbocycles. The third-order valence-electron chi connectivity index (χ3n) is 2.41. The molecule has 0 fully saturated rings. The molecule has 2 N–H and O–H groups in total. The molecule has 0 bridgehead atoms. The zero-order valence-electron chi connectivity index (χ0n) is 9.62. The molecule has 0 aliphatic heterocycles. The number of methoxy groups -OCH3 is 1. The average molecular weight is 209 g/mol. The van der Waals surface area contributed by atoms with Crippen LogP contribution < -0.4 is 15.2 Å². The normalized spacial score (nSPS) is 12.3. The summed E-state index contributed by atoms with van der Waals surface area (Å²) in [6.07, 6.45) is 0. The minimum Gasteiger partial charge on any atom is -0.493 e. The maximum absolute atomic E-state index is 5.63. The van der Waals surface area contributed by atoms with E-state index in [0.29, 0.717) is 19.1 Å². The maximum atomic E-state index is 5.63. The van der Waals surface area contributed by atoms with Crippen LogP contribution in [0.4, 0.5) is 0 Å². The van der Waals surface area contributed by atoms with Crippen molar-refractivity contribution in [1.29, 1.82) is 0 Å². The molecular weight excluding hydrogens is 190 g/mol. The van der Waals surface area contributed by atoms with Gasteiger partial charge in [-0.3, -0.25) is 0 Å². The molecule has 0 aliphatic rings. The van der Waals surface area contributed by atoms with Gasteiger partial charge in [-0.2, -0.15) is 0 Å². The van der Waals surface area contributed by atoms with E-state index in [9.17, 15) is 0 Å². The van der Waals surface area contributed by atoms with E-state index in [0.717, 1.165) is 11.5 Å². The second-order valence-electron chi connectivity index (χ2n) is 3.48. The Labute approximate surface area is 91.2 Å². The van der Waals surface area contributed by atoms with Gasteiger partial charge in [0.1, 0.15) is 0 Å². The van der Waals surface area contributed by atoms with Gasteiger partial charge in [-0.1, -0.05) is 13.0 Å². The van der Waals surface area contributed by atoms with E-state index in [1.807, 2.05) is 25.1 Å². The van der Waals surface area contributed by atoms with Crippen LogP contribution in [0.15, 0.2) is 18.2 Å². The van der Waals surface area contributed by atoms with Crippen molar-refractivity contribution in [3.8, 4) is 11.5 Å². The highest BCUT2D eigenvalue weighted by molar-refractivity contribution is 5.43. The van der Waals surface area contributed by atoms with Crippen molar-refractivity contribution in [3.05, 3.63) is 23.8 Å². The molecule has 15 heavy (non-hydrogen) atoms. The van der Waals surface area contributed by atoms with Gasteiger partial charge in [0.15, 0.2) is 11.5 Å². The lowest BCUT2D eigenvalue weighted by Crippen LogP contribution is -2.09. The molecule has 1 atom stereocenters. The lowest BCUT2D eigenvalue weighted by Gasteiger charge is -2.14. The first kappa shape index (κ1) is 11.9. The molecular formula is C12H19NO2. The van der Waals surface area contributed by atoms with E-state index in [1.165, 1.54) is 5.56 Å². The summed E-state index contributed by atoms with van der Waals surface area (Å²) >= 11 is 0. The van der Waals surface area contributed by atoms with Crippen molar-refractivity contribution in [2.45, 2.75) is 19.8 Å². The van der Waals surface area contributed by atoms with Crippen LogP contribution >= 0.6 is 0 Å². The number of nitrogens with two attached hydrogens (primary N) is 1. The molecule has 84 valence electrons. The van der Waals surface area contributed by atoms with Gasteiger partial charge >= 0.3 is 0 Å². The van der Waals surface area contributed by atoms with Crippen molar-refractivity contribution < 1.29 is 9.47 Å². The van der Waals surface area contributed by atoms with Crippen molar-refractivity contribution in [2.75, 3.05) is 20.3 Å². The van der Waals surface area contributed by atoms with E-state index in [1.54, 1.807) is 7.11 Å². The maximum Gasteiger partial charge on any atom is 0.161 e. The molecule has 0 spiro atoms. The quantitative estimate of drug-likeness (QED) is 0.808. The molecule has 0 saturated carbocycles. The molecule has 1 aromatic rings. The minimum atomic E-state index is 0.343. The Kier molecular flexibility index (Phi) is 4.43. The first-order valence-electron chi connectivity index (χ1n) is 5.23. The zero-order chi connectivity index (χ0) is 11.3. The number of hydrogen-bond donors (Lipinski definition) is 1. The fourth-order valence-electron chi connectivity index (χ4n) is 1.40. The van der Waals surface area contributed by atoms with E-state index < -0.39 is 0 Å². The summed E-state index contributed by atoms with van der Waals surface area (Å²) in [7, 11) is 1.64. The van der Waals surface area contributed by atoms with Crippen LogP contribution in [0.5, 0.6) is 11.5 Å². The molecule has 1 unspecified atom stereocenters. The van der Waals surface area contributed by atoms with Gasteiger partial charge in [0.25, 0.3) is 0 Å². The van der Waals surface area contributed by atoms with Gasteiger partial charge in [-0.25, -0.2) is 0 Å². The van der Waals surface area contributed by atoms with Gasteiger partial charge in [-0.15, -0.1) is 0 Å². The van der Waals surface area contributed by atoms with Crippen molar-refractivity contribution >= 4 is 0 Å². The van der Waals surface area contributed by atoms with Gasteiger partial charge < -0.3 is 15.2 Å². The van der Waals surface area contributed by atoms with Gasteiger partial charge in [0.05, 0.1) is 13.7 Å². The topological polar surface area (TPSA) is 44.5 Å². The fraction of sp³-hybridized carbons (Fsp3) is 0.500. The van der Waals surface area contributed by atoms with E-state index >= 15 is 0 Å². The summed E-state index contributed by atoms with van der Waals surface area (Å²) in [4.78, 5) is 0. The fourth-order valence-corrected chi connectivity index (χ4v) is 1.40. The van der Waals surface area contributed by atoms with Crippen molar-refractivity contribution in [1.82, 2.24) is 0 Å². The first-order valence-corrected chi connectivity index (χ1v) is 5.23.